The zero-order chi connectivity index (χ0) is 9.14. The van der Waals surface area contributed by atoms with Gasteiger partial charge in [0.15, 0.2) is 5.75 Å². The van der Waals surface area contributed by atoms with E-state index in [-0.39, 0.29) is 11.4 Å². The Morgan fingerprint density at radius 2 is 2.08 bits per heavy atom. The Hall–Kier alpha value is -1.27. The lowest BCUT2D eigenvalue weighted by molar-refractivity contribution is 0.459. The zero-order valence-corrected chi connectivity index (χ0v) is 6.88. The summed E-state index contributed by atoms with van der Waals surface area (Å²) in [6, 6.07) is 4.45. The highest BCUT2D eigenvalue weighted by atomic mass is 32.2. The van der Waals surface area contributed by atoms with Gasteiger partial charge in [0.25, 0.3) is 0 Å². The Morgan fingerprint density at radius 1 is 1.42 bits per heavy atom. The quantitative estimate of drug-likeness (QED) is 0.460. The summed E-state index contributed by atoms with van der Waals surface area (Å²) in [4.78, 5) is 0. The van der Waals surface area contributed by atoms with Crippen LogP contribution in [-0.2, 0) is 11.4 Å². The number of nitrogens with two attached hydrogens (primary N) is 2. The summed E-state index contributed by atoms with van der Waals surface area (Å²) in [6.45, 7) is 0. The van der Waals surface area contributed by atoms with Crippen molar-refractivity contribution in [1.29, 1.82) is 0 Å². The van der Waals surface area contributed by atoms with Crippen molar-refractivity contribution in [3.05, 3.63) is 18.2 Å². The maximum Gasteiger partial charge on any atom is 0.357 e. The molecular weight excluding hydrogens is 180 g/mol. The second kappa shape index (κ2) is 3.42. The van der Waals surface area contributed by atoms with Gasteiger partial charge in [-0.1, -0.05) is 0 Å². The molecule has 0 aliphatic rings. The van der Waals surface area contributed by atoms with E-state index >= 15 is 0 Å². The average molecular weight is 188 g/mol. The molecule has 12 heavy (non-hydrogen) atoms. The average Bonchev–Trinajstić information content (AvgIpc) is 1.96. The van der Waals surface area contributed by atoms with E-state index in [4.69, 9.17) is 16.0 Å². The van der Waals surface area contributed by atoms with Crippen LogP contribution in [0, 0.1) is 0 Å². The molecule has 1 aromatic rings. The molecule has 6 heteroatoms. The Balaban J connectivity index is 2.97. The molecule has 1 atom stereocenters. The van der Waals surface area contributed by atoms with E-state index in [1.54, 1.807) is 6.07 Å². The minimum Gasteiger partial charge on any atom is -0.399 e. The summed E-state index contributed by atoms with van der Waals surface area (Å²) in [5, 5.41) is 0. The monoisotopic (exact) mass is 188 g/mol. The fraction of sp³-hybridized carbons (Fsp3) is 0. The summed E-state index contributed by atoms with van der Waals surface area (Å²) < 4.78 is 23.0. The van der Waals surface area contributed by atoms with E-state index in [1.807, 2.05) is 0 Å². The standard InChI is InChI=1S/C6H8N2O3S/c7-4-1-2-5(8)6(3-4)11-12(9)10/h1-3H,7-8H2,(H,9,10). The van der Waals surface area contributed by atoms with Crippen LogP contribution in [0.5, 0.6) is 5.75 Å². The number of rotatable bonds is 2. The molecule has 1 unspecified atom stereocenters. The Morgan fingerprint density at radius 3 is 2.67 bits per heavy atom. The lowest BCUT2D eigenvalue weighted by Crippen LogP contribution is -2.01. The smallest absolute Gasteiger partial charge is 0.357 e. The van der Waals surface area contributed by atoms with Gasteiger partial charge >= 0.3 is 11.4 Å². The highest BCUT2D eigenvalue weighted by Crippen LogP contribution is 2.24. The lowest BCUT2D eigenvalue weighted by Gasteiger charge is -2.03. The number of nitrogen functional groups attached to an aromatic ring is 2. The molecule has 5 N–H and O–H groups in total. The van der Waals surface area contributed by atoms with Crippen molar-refractivity contribution in [2.24, 2.45) is 0 Å². The first-order valence-corrected chi connectivity index (χ1v) is 4.07. The van der Waals surface area contributed by atoms with Crippen LogP contribution in [0.25, 0.3) is 0 Å². The largest absolute Gasteiger partial charge is 0.399 e. The van der Waals surface area contributed by atoms with E-state index in [9.17, 15) is 4.21 Å². The van der Waals surface area contributed by atoms with Crippen LogP contribution in [0.2, 0.25) is 0 Å². The molecule has 0 fully saturated rings. The zero-order valence-electron chi connectivity index (χ0n) is 6.06. The van der Waals surface area contributed by atoms with Crippen molar-refractivity contribution < 1.29 is 12.9 Å². The first-order valence-electron chi connectivity index (χ1n) is 3.04. The molecule has 0 amide bonds. The summed E-state index contributed by atoms with van der Waals surface area (Å²) in [7, 11) is 0. The van der Waals surface area contributed by atoms with Gasteiger partial charge in [-0.3, -0.25) is 4.55 Å². The number of hydrogen-bond donors (Lipinski definition) is 3. The molecule has 0 spiro atoms. The van der Waals surface area contributed by atoms with Crippen LogP contribution in [0.15, 0.2) is 18.2 Å². The molecule has 0 heterocycles. The van der Waals surface area contributed by atoms with Gasteiger partial charge in [-0.2, -0.15) is 4.21 Å². The van der Waals surface area contributed by atoms with Crippen LogP contribution in [-0.4, -0.2) is 8.76 Å². The van der Waals surface area contributed by atoms with E-state index in [0.717, 1.165) is 0 Å². The summed E-state index contributed by atoms with van der Waals surface area (Å²) in [5.74, 6) is 0.107. The first kappa shape index (κ1) is 8.82. The molecule has 0 aromatic heterocycles. The molecule has 0 bridgehead atoms. The maximum atomic E-state index is 10.2. The highest BCUT2D eigenvalue weighted by molar-refractivity contribution is 7.74. The predicted molar refractivity (Wildman–Crippen MR) is 46.7 cm³/mol. The van der Waals surface area contributed by atoms with Crippen LogP contribution in [0.3, 0.4) is 0 Å². The third kappa shape index (κ3) is 2.11. The van der Waals surface area contributed by atoms with Gasteiger partial charge in [-0.15, -0.1) is 0 Å². The van der Waals surface area contributed by atoms with Gasteiger partial charge in [0.1, 0.15) is 0 Å². The summed E-state index contributed by atoms with van der Waals surface area (Å²) in [6.07, 6.45) is 0. The first-order chi connectivity index (χ1) is 5.59. The molecule has 1 rings (SSSR count). The molecule has 0 saturated heterocycles. The molecule has 1 aromatic carbocycles. The normalized spacial score (nSPS) is 12.4. The molecule has 0 saturated carbocycles. The third-order valence-corrected chi connectivity index (χ3v) is 1.52. The van der Waals surface area contributed by atoms with Crippen LogP contribution in [0.4, 0.5) is 11.4 Å². The van der Waals surface area contributed by atoms with E-state index in [2.05, 4.69) is 4.18 Å². The Kier molecular flexibility index (Phi) is 2.51. The molecule has 0 aliphatic carbocycles. The summed E-state index contributed by atoms with van der Waals surface area (Å²) in [5.41, 5.74) is 11.5. The molecule has 66 valence electrons. The van der Waals surface area contributed by atoms with Crippen LogP contribution >= 0.6 is 0 Å². The van der Waals surface area contributed by atoms with Gasteiger partial charge in [0, 0.05) is 11.8 Å². The van der Waals surface area contributed by atoms with Crippen LogP contribution in [0.1, 0.15) is 0 Å². The Labute approximate surface area is 71.8 Å². The van der Waals surface area contributed by atoms with E-state index in [1.165, 1.54) is 12.1 Å². The molecule has 0 radical (unpaired) electrons. The second-order valence-corrected chi connectivity index (χ2v) is 2.70. The maximum absolute atomic E-state index is 10.2. The molecule has 5 nitrogen and oxygen atoms in total. The van der Waals surface area contributed by atoms with E-state index < -0.39 is 11.4 Å². The Bertz CT molecular complexity index is 316. The van der Waals surface area contributed by atoms with E-state index in [0.29, 0.717) is 5.69 Å². The topological polar surface area (TPSA) is 98.6 Å². The van der Waals surface area contributed by atoms with Crippen molar-refractivity contribution in [1.82, 2.24) is 0 Å². The van der Waals surface area contributed by atoms with Crippen molar-refractivity contribution in [3.63, 3.8) is 0 Å². The second-order valence-electron chi connectivity index (χ2n) is 2.10. The third-order valence-electron chi connectivity index (χ3n) is 1.20. The minimum absolute atomic E-state index is 0.107. The van der Waals surface area contributed by atoms with Crippen LogP contribution < -0.4 is 15.7 Å². The van der Waals surface area contributed by atoms with Gasteiger partial charge in [0.2, 0.25) is 0 Å². The highest BCUT2D eigenvalue weighted by Gasteiger charge is 2.03. The number of benzene rings is 1. The molecular formula is C6H8N2O3S. The lowest BCUT2D eigenvalue weighted by atomic mass is 10.3. The van der Waals surface area contributed by atoms with Crippen molar-refractivity contribution in [2.45, 2.75) is 0 Å². The van der Waals surface area contributed by atoms with Crippen molar-refractivity contribution >= 4 is 22.7 Å². The number of anilines is 2. The fourth-order valence-corrected chi connectivity index (χ4v) is 0.998. The fourth-order valence-electron chi connectivity index (χ4n) is 0.700. The van der Waals surface area contributed by atoms with Gasteiger partial charge in [0.05, 0.1) is 5.69 Å². The predicted octanol–water partition coefficient (Wildman–Crippen LogP) is 0.366. The van der Waals surface area contributed by atoms with Gasteiger partial charge in [-0.25, -0.2) is 0 Å². The number of hydrogen-bond acceptors (Lipinski definition) is 4. The van der Waals surface area contributed by atoms with Gasteiger partial charge < -0.3 is 15.7 Å². The SMILES string of the molecule is Nc1ccc(N)c(OS(=O)O)c1. The molecule has 0 aliphatic heterocycles. The van der Waals surface area contributed by atoms with Gasteiger partial charge in [-0.05, 0) is 12.1 Å². The minimum atomic E-state index is -2.37. The summed E-state index contributed by atoms with van der Waals surface area (Å²) >= 11 is -2.37. The van der Waals surface area contributed by atoms with Crippen molar-refractivity contribution in [2.75, 3.05) is 11.5 Å². The van der Waals surface area contributed by atoms with Crippen molar-refractivity contribution in [3.8, 4) is 5.75 Å².